The molecule has 0 aliphatic rings. The molecule has 0 saturated heterocycles. The molecule has 0 amide bonds. The van der Waals surface area contributed by atoms with Crippen LogP contribution >= 0.6 is 0 Å². The maximum Gasteiger partial charge on any atom is 0.416 e. The van der Waals surface area contributed by atoms with Crippen molar-refractivity contribution in [1.29, 1.82) is 0 Å². The van der Waals surface area contributed by atoms with Gasteiger partial charge in [-0.25, -0.2) is 0 Å². The zero-order valence-corrected chi connectivity index (χ0v) is 11.2. The average molecular weight is 289 g/mol. The van der Waals surface area contributed by atoms with Gasteiger partial charge in [-0.05, 0) is 44.4 Å². The molecule has 0 heterocycles. The monoisotopic (exact) mass is 289 g/mol. The molecule has 3 nitrogen and oxygen atoms in total. The van der Waals surface area contributed by atoms with Gasteiger partial charge in [-0.1, -0.05) is 18.2 Å². The highest BCUT2D eigenvalue weighted by atomic mass is 19.4. The molecule has 112 valence electrons. The number of halogens is 3. The lowest BCUT2D eigenvalue weighted by Gasteiger charge is -2.10. The molecular weight excluding hydrogens is 271 g/mol. The van der Waals surface area contributed by atoms with Crippen LogP contribution in [-0.2, 0) is 17.4 Å². The van der Waals surface area contributed by atoms with Gasteiger partial charge in [0.2, 0.25) is 0 Å². The number of benzene rings is 1. The zero-order chi connectivity index (χ0) is 15.2. The number of nitrogens with one attached hydrogen (secondary N) is 1. The van der Waals surface area contributed by atoms with Gasteiger partial charge in [0.05, 0.1) is 5.56 Å². The van der Waals surface area contributed by atoms with Crippen LogP contribution in [-0.4, -0.2) is 23.7 Å². The number of carboxylic acid groups (broad SMARTS) is 1. The quantitative estimate of drug-likeness (QED) is 0.758. The first-order valence-corrected chi connectivity index (χ1v) is 6.43. The number of aliphatic carboxylic acids is 1. The van der Waals surface area contributed by atoms with Crippen molar-refractivity contribution in [1.82, 2.24) is 5.32 Å². The van der Waals surface area contributed by atoms with Crippen molar-refractivity contribution in [3.05, 3.63) is 35.4 Å². The third-order valence-electron chi connectivity index (χ3n) is 2.97. The van der Waals surface area contributed by atoms with Crippen molar-refractivity contribution in [3.63, 3.8) is 0 Å². The summed E-state index contributed by atoms with van der Waals surface area (Å²) in [6.45, 7) is 2.08. The van der Waals surface area contributed by atoms with Crippen molar-refractivity contribution < 1.29 is 23.1 Å². The van der Waals surface area contributed by atoms with Gasteiger partial charge in [0.15, 0.2) is 0 Å². The van der Waals surface area contributed by atoms with Gasteiger partial charge in [-0.3, -0.25) is 4.79 Å². The van der Waals surface area contributed by atoms with Crippen molar-refractivity contribution in [3.8, 4) is 0 Å². The highest BCUT2D eigenvalue weighted by Crippen LogP contribution is 2.29. The third kappa shape index (κ3) is 5.61. The highest BCUT2D eigenvalue weighted by molar-refractivity contribution is 5.72. The molecule has 20 heavy (non-hydrogen) atoms. The number of unbranched alkanes of at least 4 members (excludes halogenated alkanes) is 1. The summed E-state index contributed by atoms with van der Waals surface area (Å²) < 4.78 is 37.5. The summed E-state index contributed by atoms with van der Waals surface area (Å²) in [5, 5.41) is 11.5. The molecule has 0 saturated carbocycles. The van der Waals surface area contributed by atoms with Crippen molar-refractivity contribution in [2.75, 3.05) is 6.54 Å². The Morgan fingerprint density at radius 2 is 2.05 bits per heavy atom. The van der Waals surface area contributed by atoms with E-state index >= 15 is 0 Å². The predicted molar refractivity (Wildman–Crippen MR) is 69.5 cm³/mol. The number of carbonyl (C=O) groups is 1. The van der Waals surface area contributed by atoms with E-state index in [9.17, 15) is 18.0 Å². The normalized spacial score (nSPS) is 13.2. The molecular formula is C14H18F3NO2. The summed E-state index contributed by atoms with van der Waals surface area (Å²) in [5.74, 6) is -0.914. The van der Waals surface area contributed by atoms with E-state index in [-0.39, 0.29) is 0 Å². The fraction of sp³-hybridized carbons (Fsp3) is 0.500. The van der Waals surface area contributed by atoms with Gasteiger partial charge < -0.3 is 10.4 Å². The minimum absolute atomic E-state index is 0.534. The first-order chi connectivity index (χ1) is 9.30. The first kappa shape index (κ1) is 16.5. The maximum atomic E-state index is 12.5. The Bertz CT molecular complexity index is 446. The molecule has 6 heteroatoms. The predicted octanol–water partition coefficient (Wildman–Crippen LogP) is 3.09. The van der Waals surface area contributed by atoms with Crippen molar-refractivity contribution >= 4 is 5.97 Å². The van der Waals surface area contributed by atoms with Crippen molar-refractivity contribution in [2.24, 2.45) is 0 Å². The summed E-state index contributed by atoms with van der Waals surface area (Å²) >= 11 is 0. The van der Waals surface area contributed by atoms with Gasteiger partial charge >= 0.3 is 12.1 Å². The molecule has 0 spiro atoms. The number of hydrogen-bond donors (Lipinski definition) is 2. The van der Waals surface area contributed by atoms with Gasteiger partial charge in [0.25, 0.3) is 0 Å². The Kier molecular flexibility index (Phi) is 6.01. The SMILES string of the molecule is CC(NCCCCc1cccc(C(F)(F)F)c1)C(=O)O. The van der Waals surface area contributed by atoms with E-state index < -0.39 is 23.8 Å². The van der Waals surface area contributed by atoms with E-state index in [1.807, 2.05) is 0 Å². The second-order valence-electron chi connectivity index (χ2n) is 4.67. The van der Waals surface area contributed by atoms with E-state index in [1.165, 1.54) is 6.07 Å². The molecule has 2 N–H and O–H groups in total. The van der Waals surface area contributed by atoms with Crippen LogP contribution in [0.3, 0.4) is 0 Å². The summed E-state index contributed by atoms with van der Waals surface area (Å²) in [6.07, 6.45) is -2.34. The Hall–Kier alpha value is -1.56. The fourth-order valence-electron chi connectivity index (χ4n) is 1.76. The molecule has 1 aromatic rings. The fourth-order valence-corrected chi connectivity index (χ4v) is 1.76. The van der Waals surface area contributed by atoms with Crippen LogP contribution < -0.4 is 5.32 Å². The summed E-state index contributed by atoms with van der Waals surface area (Å²) in [4.78, 5) is 10.5. The second kappa shape index (κ2) is 7.28. The number of aryl methyl sites for hydroxylation is 1. The second-order valence-corrected chi connectivity index (χ2v) is 4.67. The number of hydrogen-bond acceptors (Lipinski definition) is 2. The average Bonchev–Trinajstić information content (AvgIpc) is 2.37. The van der Waals surface area contributed by atoms with Gasteiger partial charge in [-0.15, -0.1) is 0 Å². The highest BCUT2D eigenvalue weighted by Gasteiger charge is 2.30. The molecule has 1 aromatic carbocycles. The molecule has 0 aliphatic heterocycles. The van der Waals surface area contributed by atoms with Gasteiger partial charge in [0, 0.05) is 0 Å². The molecule has 1 atom stereocenters. The molecule has 0 fully saturated rings. The van der Waals surface area contributed by atoms with E-state index in [0.29, 0.717) is 31.4 Å². The van der Waals surface area contributed by atoms with Crippen LogP contribution in [0.15, 0.2) is 24.3 Å². The lowest BCUT2D eigenvalue weighted by molar-refractivity contribution is -0.139. The van der Waals surface area contributed by atoms with Crippen LogP contribution in [0.5, 0.6) is 0 Å². The Balaban J connectivity index is 2.34. The smallest absolute Gasteiger partial charge is 0.416 e. The Morgan fingerprint density at radius 1 is 1.35 bits per heavy atom. The lowest BCUT2D eigenvalue weighted by atomic mass is 10.0. The van der Waals surface area contributed by atoms with Crippen LogP contribution in [0, 0.1) is 0 Å². The van der Waals surface area contributed by atoms with Crippen LogP contribution in [0.2, 0.25) is 0 Å². The Labute approximate surface area is 115 Å². The molecule has 1 unspecified atom stereocenters. The largest absolute Gasteiger partial charge is 0.480 e. The molecule has 0 radical (unpaired) electrons. The number of rotatable bonds is 7. The standard InChI is InChI=1S/C14H18F3NO2/c1-10(13(19)20)18-8-3-2-5-11-6-4-7-12(9-11)14(15,16)17/h4,6-7,9-10,18H,2-3,5,8H2,1H3,(H,19,20). The number of carboxylic acids is 1. The topological polar surface area (TPSA) is 49.3 Å². The first-order valence-electron chi connectivity index (χ1n) is 6.43. The van der Waals surface area contributed by atoms with E-state index in [0.717, 1.165) is 12.1 Å². The summed E-state index contributed by atoms with van der Waals surface area (Å²) in [6, 6.07) is 4.68. The molecule has 0 aromatic heterocycles. The minimum atomic E-state index is -4.31. The zero-order valence-electron chi connectivity index (χ0n) is 11.2. The summed E-state index contributed by atoms with van der Waals surface area (Å²) in [7, 11) is 0. The van der Waals surface area contributed by atoms with E-state index in [2.05, 4.69) is 5.32 Å². The third-order valence-corrected chi connectivity index (χ3v) is 2.97. The van der Waals surface area contributed by atoms with Crippen LogP contribution in [0.1, 0.15) is 30.9 Å². The minimum Gasteiger partial charge on any atom is -0.480 e. The molecule has 1 rings (SSSR count). The maximum absolute atomic E-state index is 12.5. The molecule has 0 bridgehead atoms. The molecule has 0 aliphatic carbocycles. The van der Waals surface area contributed by atoms with Crippen LogP contribution in [0.25, 0.3) is 0 Å². The summed E-state index contributed by atoms with van der Waals surface area (Å²) in [5.41, 5.74) is 0.0127. The van der Waals surface area contributed by atoms with E-state index in [1.54, 1.807) is 13.0 Å². The van der Waals surface area contributed by atoms with Gasteiger partial charge in [0.1, 0.15) is 6.04 Å². The van der Waals surface area contributed by atoms with Crippen molar-refractivity contribution in [2.45, 2.75) is 38.4 Å². The van der Waals surface area contributed by atoms with Crippen LogP contribution in [0.4, 0.5) is 13.2 Å². The number of alkyl halides is 3. The van der Waals surface area contributed by atoms with Gasteiger partial charge in [-0.2, -0.15) is 13.2 Å². The Morgan fingerprint density at radius 3 is 2.65 bits per heavy atom. The van der Waals surface area contributed by atoms with E-state index in [4.69, 9.17) is 5.11 Å². The lowest BCUT2D eigenvalue weighted by Crippen LogP contribution is -2.34.